The molecule has 3 rings (SSSR count). The number of thioether (sulfide) groups is 1. The van der Waals surface area contributed by atoms with Crippen LogP contribution in [0.2, 0.25) is 10.0 Å². The second-order valence-electron chi connectivity index (χ2n) is 6.62. The Labute approximate surface area is 189 Å². The number of amidine groups is 1. The van der Waals surface area contributed by atoms with E-state index in [4.69, 9.17) is 27.9 Å². The van der Waals surface area contributed by atoms with Crippen LogP contribution in [0.3, 0.4) is 0 Å². The van der Waals surface area contributed by atoms with Crippen LogP contribution in [-0.2, 0) is 9.59 Å². The van der Waals surface area contributed by atoms with Crippen molar-refractivity contribution in [2.24, 2.45) is 4.99 Å². The molecule has 2 amide bonds. The number of nitrogens with zero attached hydrogens (tertiary/aromatic N) is 2. The lowest BCUT2D eigenvalue weighted by atomic mass is 10.2. The van der Waals surface area contributed by atoms with E-state index >= 15 is 0 Å². The molecule has 2 aromatic carbocycles. The van der Waals surface area contributed by atoms with Crippen molar-refractivity contribution in [2.75, 3.05) is 19.0 Å². The molecule has 2 aromatic rings. The summed E-state index contributed by atoms with van der Waals surface area (Å²) in [4.78, 5) is 31.1. The van der Waals surface area contributed by atoms with E-state index in [0.29, 0.717) is 33.2 Å². The SMILES string of the molecule is CCCOc1ccc(NC(=O)C2CC(=O)N(C)C(=Nc3ccc(Cl)c(Cl)c3)S2)cc1. The lowest BCUT2D eigenvalue weighted by molar-refractivity contribution is -0.128. The Morgan fingerprint density at radius 3 is 2.63 bits per heavy atom. The van der Waals surface area contributed by atoms with Gasteiger partial charge >= 0.3 is 0 Å². The molecule has 30 heavy (non-hydrogen) atoms. The maximum atomic E-state index is 12.7. The molecule has 1 saturated heterocycles. The van der Waals surface area contributed by atoms with Gasteiger partial charge in [0.15, 0.2) is 5.17 Å². The Kier molecular flexibility index (Phi) is 7.64. The first-order chi connectivity index (χ1) is 14.4. The smallest absolute Gasteiger partial charge is 0.238 e. The van der Waals surface area contributed by atoms with Crippen LogP contribution in [0.4, 0.5) is 11.4 Å². The third kappa shape index (κ3) is 5.68. The van der Waals surface area contributed by atoms with E-state index in [9.17, 15) is 9.59 Å². The minimum absolute atomic E-state index is 0.0884. The van der Waals surface area contributed by atoms with Crippen LogP contribution < -0.4 is 10.1 Å². The van der Waals surface area contributed by atoms with Gasteiger partial charge in [-0.3, -0.25) is 14.5 Å². The number of benzene rings is 2. The molecule has 0 saturated carbocycles. The highest BCUT2D eigenvalue weighted by Crippen LogP contribution is 2.31. The number of hydrogen-bond donors (Lipinski definition) is 1. The van der Waals surface area contributed by atoms with E-state index in [1.165, 1.54) is 16.7 Å². The molecule has 1 aliphatic heterocycles. The zero-order valence-corrected chi connectivity index (χ0v) is 18.9. The number of carbonyl (C=O) groups excluding carboxylic acids is 2. The molecule has 1 N–H and O–H groups in total. The van der Waals surface area contributed by atoms with Crippen molar-refractivity contribution in [1.29, 1.82) is 0 Å². The van der Waals surface area contributed by atoms with Crippen molar-refractivity contribution in [3.8, 4) is 5.75 Å². The van der Waals surface area contributed by atoms with Crippen molar-refractivity contribution >= 4 is 63.3 Å². The van der Waals surface area contributed by atoms with Crippen molar-refractivity contribution < 1.29 is 14.3 Å². The molecule has 1 atom stereocenters. The quantitative estimate of drug-likeness (QED) is 0.621. The summed E-state index contributed by atoms with van der Waals surface area (Å²) in [6.45, 7) is 2.68. The van der Waals surface area contributed by atoms with Crippen LogP contribution in [0, 0.1) is 0 Å². The number of hydrogen-bond acceptors (Lipinski definition) is 5. The average molecular weight is 466 g/mol. The van der Waals surface area contributed by atoms with Crippen LogP contribution in [0.5, 0.6) is 5.75 Å². The van der Waals surface area contributed by atoms with E-state index < -0.39 is 5.25 Å². The fourth-order valence-corrected chi connectivity index (χ4v) is 4.00. The molecular weight excluding hydrogens is 445 g/mol. The normalized spacial score (nSPS) is 17.9. The Morgan fingerprint density at radius 1 is 1.23 bits per heavy atom. The number of ether oxygens (including phenoxy) is 1. The predicted octanol–water partition coefficient (Wildman–Crippen LogP) is 5.37. The minimum Gasteiger partial charge on any atom is -0.494 e. The molecule has 0 aliphatic carbocycles. The summed E-state index contributed by atoms with van der Waals surface area (Å²) in [6, 6.07) is 12.1. The molecule has 0 aromatic heterocycles. The van der Waals surface area contributed by atoms with Gasteiger partial charge in [0.2, 0.25) is 11.8 Å². The van der Waals surface area contributed by atoms with Crippen molar-refractivity contribution in [1.82, 2.24) is 4.90 Å². The average Bonchev–Trinajstić information content (AvgIpc) is 2.73. The summed E-state index contributed by atoms with van der Waals surface area (Å²) < 4.78 is 5.54. The Morgan fingerprint density at radius 2 is 1.97 bits per heavy atom. The molecule has 158 valence electrons. The fraction of sp³-hybridized carbons (Fsp3) is 0.286. The highest BCUT2D eigenvalue weighted by Gasteiger charge is 2.34. The van der Waals surface area contributed by atoms with Gasteiger partial charge < -0.3 is 10.1 Å². The third-order valence-corrected chi connectivity index (χ3v) is 6.26. The molecule has 0 spiro atoms. The first-order valence-electron chi connectivity index (χ1n) is 9.38. The highest BCUT2D eigenvalue weighted by atomic mass is 35.5. The standard InChI is InChI=1S/C21H21Cl2N3O3S/c1-3-10-29-15-7-4-13(5-8-15)24-20(28)18-12-19(27)26(2)21(30-18)25-14-6-9-16(22)17(23)11-14/h4-9,11,18H,3,10,12H2,1-2H3,(H,24,28). The van der Waals surface area contributed by atoms with Gasteiger partial charge in [-0.2, -0.15) is 0 Å². The second kappa shape index (κ2) is 10.2. The van der Waals surface area contributed by atoms with Crippen molar-refractivity contribution in [3.05, 3.63) is 52.5 Å². The van der Waals surface area contributed by atoms with E-state index in [0.717, 1.165) is 12.2 Å². The number of rotatable bonds is 6. The number of aliphatic imine (C=N–C) groups is 1. The summed E-state index contributed by atoms with van der Waals surface area (Å²) in [6.07, 6.45) is 1.01. The van der Waals surface area contributed by atoms with Gasteiger partial charge in [0.05, 0.1) is 22.3 Å². The van der Waals surface area contributed by atoms with Crippen LogP contribution in [0.25, 0.3) is 0 Å². The minimum atomic E-state index is -0.591. The summed E-state index contributed by atoms with van der Waals surface area (Å²) >= 11 is 13.2. The lowest BCUT2D eigenvalue weighted by Crippen LogP contribution is -2.43. The summed E-state index contributed by atoms with van der Waals surface area (Å²) in [5.74, 6) is 0.302. The summed E-state index contributed by atoms with van der Waals surface area (Å²) in [7, 11) is 1.63. The predicted molar refractivity (Wildman–Crippen MR) is 123 cm³/mol. The molecular formula is C21H21Cl2N3O3S. The third-order valence-electron chi connectivity index (χ3n) is 4.28. The molecule has 1 unspecified atom stereocenters. The molecule has 0 radical (unpaired) electrons. The van der Waals surface area contributed by atoms with E-state index in [2.05, 4.69) is 10.3 Å². The van der Waals surface area contributed by atoms with Crippen LogP contribution in [0.15, 0.2) is 47.5 Å². The Bertz CT molecular complexity index is 966. The van der Waals surface area contributed by atoms with Gasteiger partial charge in [-0.15, -0.1) is 0 Å². The van der Waals surface area contributed by atoms with Gasteiger partial charge in [-0.1, -0.05) is 41.9 Å². The first-order valence-corrected chi connectivity index (χ1v) is 11.0. The van der Waals surface area contributed by atoms with E-state index in [1.807, 2.05) is 6.92 Å². The maximum Gasteiger partial charge on any atom is 0.238 e. The number of nitrogens with one attached hydrogen (secondary N) is 1. The van der Waals surface area contributed by atoms with Crippen molar-refractivity contribution in [3.63, 3.8) is 0 Å². The topological polar surface area (TPSA) is 71.0 Å². The summed E-state index contributed by atoms with van der Waals surface area (Å²) in [5.41, 5.74) is 1.19. The zero-order valence-electron chi connectivity index (χ0n) is 16.5. The largest absolute Gasteiger partial charge is 0.494 e. The molecule has 1 fully saturated rings. The Balaban J connectivity index is 1.71. The highest BCUT2D eigenvalue weighted by molar-refractivity contribution is 8.15. The zero-order chi connectivity index (χ0) is 21.7. The molecule has 9 heteroatoms. The lowest BCUT2D eigenvalue weighted by Gasteiger charge is -2.28. The number of carbonyl (C=O) groups is 2. The van der Waals surface area contributed by atoms with E-state index in [1.54, 1.807) is 49.5 Å². The first kappa shape index (κ1) is 22.5. The fourth-order valence-electron chi connectivity index (χ4n) is 2.64. The van der Waals surface area contributed by atoms with Gasteiger partial charge in [-0.05, 0) is 48.9 Å². The Hall–Kier alpha value is -2.22. The van der Waals surface area contributed by atoms with Gasteiger partial charge in [0, 0.05) is 19.2 Å². The maximum absolute atomic E-state index is 12.7. The van der Waals surface area contributed by atoms with Crippen LogP contribution >= 0.6 is 35.0 Å². The van der Waals surface area contributed by atoms with Crippen molar-refractivity contribution in [2.45, 2.75) is 25.0 Å². The van der Waals surface area contributed by atoms with E-state index in [-0.39, 0.29) is 18.2 Å². The number of halogens is 2. The number of amides is 2. The molecule has 0 bridgehead atoms. The second-order valence-corrected chi connectivity index (χ2v) is 8.60. The number of anilines is 1. The van der Waals surface area contributed by atoms with Crippen LogP contribution in [-0.4, -0.2) is 40.8 Å². The monoisotopic (exact) mass is 465 g/mol. The van der Waals surface area contributed by atoms with Gasteiger partial charge in [-0.25, -0.2) is 4.99 Å². The summed E-state index contributed by atoms with van der Waals surface area (Å²) in [5, 5.41) is 3.47. The molecule has 1 aliphatic rings. The van der Waals surface area contributed by atoms with Gasteiger partial charge in [0.25, 0.3) is 0 Å². The van der Waals surface area contributed by atoms with Gasteiger partial charge in [0.1, 0.15) is 11.0 Å². The van der Waals surface area contributed by atoms with Crippen LogP contribution in [0.1, 0.15) is 19.8 Å². The molecule has 1 heterocycles. The molecule has 6 nitrogen and oxygen atoms in total.